The molecule has 0 atom stereocenters. The van der Waals surface area contributed by atoms with Crippen LogP contribution in [0.25, 0.3) is 0 Å². The van der Waals surface area contributed by atoms with E-state index >= 15 is 0 Å². The summed E-state index contributed by atoms with van der Waals surface area (Å²) >= 11 is 0. The highest BCUT2D eigenvalue weighted by atomic mass is 32.2. The molecule has 0 aromatic rings. The normalized spacial score (nSPS) is 20.7. The molecule has 1 heterocycles. The Kier molecular flexibility index (Phi) is 5.02. The number of sulfone groups is 1. The lowest BCUT2D eigenvalue weighted by atomic mass is 9.97. The van der Waals surface area contributed by atoms with E-state index in [0.29, 0.717) is 12.3 Å². The van der Waals surface area contributed by atoms with Crippen molar-refractivity contribution in [2.24, 2.45) is 5.92 Å². The van der Waals surface area contributed by atoms with Gasteiger partial charge in [-0.25, -0.2) is 8.42 Å². The van der Waals surface area contributed by atoms with Gasteiger partial charge in [-0.3, -0.25) is 0 Å². The lowest BCUT2D eigenvalue weighted by Gasteiger charge is -2.31. The third kappa shape index (κ3) is 5.49. The van der Waals surface area contributed by atoms with E-state index in [0.717, 1.165) is 25.6 Å². The summed E-state index contributed by atoms with van der Waals surface area (Å²) in [5, 5.41) is 3.19. The average molecular weight is 234 g/mol. The molecule has 0 unspecified atom stereocenters. The Morgan fingerprint density at radius 1 is 1.33 bits per heavy atom. The maximum atomic E-state index is 11.0. The molecule has 0 aromatic heterocycles. The minimum atomic E-state index is -2.80. The van der Waals surface area contributed by atoms with Gasteiger partial charge in [-0.1, -0.05) is 0 Å². The number of nitrogens with zero attached hydrogens (tertiary/aromatic N) is 1. The quantitative estimate of drug-likeness (QED) is 0.725. The first-order valence-corrected chi connectivity index (χ1v) is 7.62. The van der Waals surface area contributed by atoms with Crippen LogP contribution < -0.4 is 5.32 Å². The minimum Gasteiger partial charge on any atom is -0.319 e. The van der Waals surface area contributed by atoms with Crippen LogP contribution >= 0.6 is 0 Å². The van der Waals surface area contributed by atoms with Crippen LogP contribution in [-0.2, 0) is 9.84 Å². The highest BCUT2D eigenvalue weighted by molar-refractivity contribution is 7.90. The van der Waals surface area contributed by atoms with Crippen molar-refractivity contribution in [1.29, 1.82) is 0 Å². The highest BCUT2D eigenvalue weighted by Crippen LogP contribution is 2.15. The summed E-state index contributed by atoms with van der Waals surface area (Å²) in [4.78, 5) is 2.26. The largest absolute Gasteiger partial charge is 0.319 e. The molecule has 0 aromatic carbocycles. The van der Waals surface area contributed by atoms with Crippen LogP contribution in [0.4, 0.5) is 0 Å². The van der Waals surface area contributed by atoms with E-state index in [-0.39, 0.29) is 0 Å². The first-order chi connectivity index (χ1) is 7.01. The number of hydrogen-bond donors (Lipinski definition) is 1. The summed E-state index contributed by atoms with van der Waals surface area (Å²) in [6.45, 7) is 3.87. The van der Waals surface area contributed by atoms with E-state index in [1.54, 1.807) is 0 Å². The number of likely N-dealkylation sites (tertiary alicyclic amines) is 1. The summed E-state index contributed by atoms with van der Waals surface area (Å²) in [7, 11) is -0.819. The molecule has 0 saturated carbocycles. The zero-order chi connectivity index (χ0) is 11.3. The van der Waals surface area contributed by atoms with Crippen LogP contribution in [0.2, 0.25) is 0 Å². The molecule has 1 aliphatic heterocycles. The van der Waals surface area contributed by atoms with Crippen molar-refractivity contribution < 1.29 is 8.42 Å². The van der Waals surface area contributed by atoms with Gasteiger partial charge in [0.2, 0.25) is 0 Å². The predicted octanol–water partition coefficient (Wildman–Crippen LogP) is -0.0376. The van der Waals surface area contributed by atoms with Gasteiger partial charge in [0.25, 0.3) is 0 Å². The SMILES string of the molecule is CNCC1CCN(CCS(C)(=O)=O)CC1. The van der Waals surface area contributed by atoms with E-state index in [4.69, 9.17) is 0 Å². The Labute approximate surface area is 93.0 Å². The van der Waals surface area contributed by atoms with Gasteiger partial charge in [-0.2, -0.15) is 0 Å². The molecule has 1 N–H and O–H groups in total. The Morgan fingerprint density at radius 2 is 1.93 bits per heavy atom. The first kappa shape index (κ1) is 12.9. The average Bonchev–Trinajstić information content (AvgIpc) is 2.16. The van der Waals surface area contributed by atoms with Crippen LogP contribution in [0.5, 0.6) is 0 Å². The van der Waals surface area contributed by atoms with Gasteiger partial charge in [0.15, 0.2) is 0 Å². The van der Waals surface area contributed by atoms with Crippen molar-refractivity contribution in [3.8, 4) is 0 Å². The fraction of sp³-hybridized carbons (Fsp3) is 1.00. The van der Waals surface area contributed by atoms with E-state index in [9.17, 15) is 8.42 Å². The number of nitrogens with one attached hydrogen (secondary N) is 1. The molecule has 4 nitrogen and oxygen atoms in total. The van der Waals surface area contributed by atoms with Gasteiger partial charge in [0, 0.05) is 12.8 Å². The van der Waals surface area contributed by atoms with Gasteiger partial charge < -0.3 is 10.2 Å². The Hall–Kier alpha value is -0.130. The van der Waals surface area contributed by atoms with Crippen molar-refractivity contribution in [2.75, 3.05) is 45.2 Å². The molecule has 1 fully saturated rings. The maximum absolute atomic E-state index is 11.0. The van der Waals surface area contributed by atoms with Crippen molar-refractivity contribution in [1.82, 2.24) is 10.2 Å². The molecular weight excluding hydrogens is 212 g/mol. The Morgan fingerprint density at radius 3 is 2.40 bits per heavy atom. The molecule has 0 radical (unpaired) electrons. The van der Waals surface area contributed by atoms with Crippen molar-refractivity contribution in [2.45, 2.75) is 12.8 Å². The molecule has 0 amide bonds. The van der Waals surface area contributed by atoms with Crippen LogP contribution in [-0.4, -0.2) is 58.6 Å². The number of rotatable bonds is 5. The summed E-state index contributed by atoms with van der Waals surface area (Å²) in [6, 6.07) is 0. The zero-order valence-electron chi connectivity index (χ0n) is 9.70. The minimum absolute atomic E-state index is 0.295. The molecule has 5 heteroatoms. The highest BCUT2D eigenvalue weighted by Gasteiger charge is 2.18. The topological polar surface area (TPSA) is 49.4 Å². The molecule has 15 heavy (non-hydrogen) atoms. The van der Waals surface area contributed by atoms with E-state index < -0.39 is 9.84 Å². The van der Waals surface area contributed by atoms with Gasteiger partial charge in [0.05, 0.1) is 5.75 Å². The summed E-state index contributed by atoms with van der Waals surface area (Å²) in [5.74, 6) is 1.06. The van der Waals surface area contributed by atoms with Gasteiger partial charge in [-0.05, 0) is 45.4 Å². The molecule has 1 rings (SSSR count). The summed E-state index contributed by atoms with van der Waals surface area (Å²) in [6.07, 6.45) is 3.68. The van der Waals surface area contributed by atoms with Gasteiger partial charge in [0.1, 0.15) is 9.84 Å². The second kappa shape index (κ2) is 5.82. The maximum Gasteiger partial charge on any atom is 0.148 e. The third-order valence-electron chi connectivity index (χ3n) is 2.98. The molecule has 0 bridgehead atoms. The van der Waals surface area contributed by atoms with Crippen LogP contribution in [0.3, 0.4) is 0 Å². The number of piperidine rings is 1. The third-order valence-corrected chi connectivity index (χ3v) is 3.90. The standard InChI is InChI=1S/C10H22N2O2S/c1-11-9-10-3-5-12(6-4-10)7-8-15(2,13)14/h10-11H,3-9H2,1-2H3. The zero-order valence-corrected chi connectivity index (χ0v) is 10.5. The molecule has 1 aliphatic rings. The van der Waals surface area contributed by atoms with E-state index in [2.05, 4.69) is 10.2 Å². The van der Waals surface area contributed by atoms with Gasteiger partial charge in [-0.15, -0.1) is 0 Å². The Balaban J connectivity index is 2.20. The molecule has 1 saturated heterocycles. The van der Waals surface area contributed by atoms with Crippen LogP contribution in [0, 0.1) is 5.92 Å². The second-order valence-corrected chi connectivity index (χ2v) is 6.73. The van der Waals surface area contributed by atoms with E-state index in [1.165, 1.54) is 19.1 Å². The second-order valence-electron chi connectivity index (χ2n) is 4.47. The smallest absolute Gasteiger partial charge is 0.148 e. The van der Waals surface area contributed by atoms with Crippen LogP contribution in [0.15, 0.2) is 0 Å². The first-order valence-electron chi connectivity index (χ1n) is 5.56. The summed E-state index contributed by atoms with van der Waals surface area (Å²) < 4.78 is 22.0. The van der Waals surface area contributed by atoms with E-state index in [1.807, 2.05) is 7.05 Å². The van der Waals surface area contributed by atoms with Crippen molar-refractivity contribution in [3.05, 3.63) is 0 Å². The summed E-state index contributed by atoms with van der Waals surface area (Å²) in [5.41, 5.74) is 0. The number of hydrogen-bond acceptors (Lipinski definition) is 4. The monoisotopic (exact) mass is 234 g/mol. The Bertz CT molecular complexity index is 269. The van der Waals surface area contributed by atoms with Crippen LogP contribution in [0.1, 0.15) is 12.8 Å². The molecule has 0 aliphatic carbocycles. The lowest BCUT2D eigenvalue weighted by molar-refractivity contribution is 0.192. The predicted molar refractivity (Wildman–Crippen MR) is 62.8 cm³/mol. The molecular formula is C10H22N2O2S. The fourth-order valence-electron chi connectivity index (χ4n) is 2.00. The fourth-order valence-corrected chi connectivity index (χ4v) is 2.59. The molecule has 0 spiro atoms. The van der Waals surface area contributed by atoms with Gasteiger partial charge >= 0.3 is 0 Å². The lowest BCUT2D eigenvalue weighted by Crippen LogP contribution is -2.38. The molecule has 90 valence electrons. The van der Waals surface area contributed by atoms with Crippen molar-refractivity contribution in [3.63, 3.8) is 0 Å². The van der Waals surface area contributed by atoms with Crippen molar-refractivity contribution >= 4 is 9.84 Å².